The number of pyridine rings is 1. The first kappa shape index (κ1) is 17.9. The van der Waals surface area contributed by atoms with Crippen molar-refractivity contribution in [3.05, 3.63) is 48.0 Å². The maximum absolute atomic E-state index is 12.7. The zero-order valence-corrected chi connectivity index (χ0v) is 15.5. The van der Waals surface area contributed by atoms with Crippen LogP contribution in [-0.2, 0) is 4.74 Å². The number of nitrogens with zero attached hydrogens (tertiary/aromatic N) is 4. The Bertz CT molecular complexity index is 774. The molecular weight excluding hydrogens is 344 g/mol. The van der Waals surface area contributed by atoms with E-state index in [-0.39, 0.29) is 17.6 Å². The number of ether oxygens (including phenoxy) is 2. The number of piperidine rings is 1. The van der Waals surface area contributed by atoms with Crippen LogP contribution in [0.15, 0.2) is 36.8 Å². The molecule has 0 aromatic carbocycles. The van der Waals surface area contributed by atoms with E-state index in [1.54, 1.807) is 24.7 Å². The van der Waals surface area contributed by atoms with Gasteiger partial charge in [0.05, 0.1) is 17.8 Å². The zero-order chi connectivity index (χ0) is 18.7. The lowest BCUT2D eigenvalue weighted by atomic mass is 9.83. The van der Waals surface area contributed by atoms with Gasteiger partial charge >= 0.3 is 6.01 Å². The smallest absolute Gasteiger partial charge is 0.316 e. The van der Waals surface area contributed by atoms with E-state index in [1.165, 1.54) is 0 Å². The van der Waals surface area contributed by atoms with E-state index in [2.05, 4.69) is 15.0 Å². The summed E-state index contributed by atoms with van der Waals surface area (Å²) in [5.41, 5.74) is 1.33. The van der Waals surface area contributed by atoms with Crippen LogP contribution in [0.3, 0.4) is 0 Å². The minimum Gasteiger partial charge on any atom is -0.460 e. The first-order chi connectivity index (χ1) is 13.1. The Morgan fingerprint density at radius 2 is 2.00 bits per heavy atom. The summed E-state index contributed by atoms with van der Waals surface area (Å²) in [6.07, 6.45) is 8.33. The standard InChI is InChI=1S/C20H24N4O3/c1-15-3-4-16(14-23-15)18(25)24-10-6-20(7-11-24)13-17(5-12-26-20)27-19-21-8-2-9-22-19/h2-4,8-9,14,17H,5-7,10-13H2,1H3. The molecule has 0 saturated carbocycles. The molecule has 0 radical (unpaired) electrons. The van der Waals surface area contributed by atoms with E-state index in [4.69, 9.17) is 9.47 Å². The van der Waals surface area contributed by atoms with Crippen LogP contribution >= 0.6 is 0 Å². The molecule has 142 valence electrons. The number of carbonyl (C=O) groups excluding carboxylic acids is 1. The van der Waals surface area contributed by atoms with Crippen molar-refractivity contribution in [2.45, 2.75) is 44.3 Å². The minimum atomic E-state index is -0.222. The third-order valence-corrected chi connectivity index (χ3v) is 5.38. The molecule has 2 saturated heterocycles. The SMILES string of the molecule is Cc1ccc(C(=O)N2CCC3(CC2)CC(Oc2ncccn2)CCO3)cn1. The Balaban J connectivity index is 1.36. The highest BCUT2D eigenvalue weighted by Gasteiger charge is 2.42. The second kappa shape index (κ2) is 7.60. The normalized spacial score (nSPS) is 21.8. The number of rotatable bonds is 3. The second-order valence-corrected chi connectivity index (χ2v) is 7.28. The summed E-state index contributed by atoms with van der Waals surface area (Å²) in [4.78, 5) is 27.1. The topological polar surface area (TPSA) is 77.4 Å². The largest absolute Gasteiger partial charge is 0.460 e. The number of hydrogen-bond acceptors (Lipinski definition) is 6. The first-order valence-corrected chi connectivity index (χ1v) is 9.43. The highest BCUT2D eigenvalue weighted by molar-refractivity contribution is 5.94. The van der Waals surface area contributed by atoms with Gasteiger partial charge in [-0.15, -0.1) is 0 Å². The number of aromatic nitrogens is 3. The van der Waals surface area contributed by atoms with Gasteiger partial charge in [-0.05, 0) is 38.0 Å². The molecule has 2 aliphatic heterocycles. The molecule has 0 aliphatic carbocycles. The monoisotopic (exact) mass is 368 g/mol. The molecule has 4 heterocycles. The molecule has 2 fully saturated rings. The molecule has 1 atom stereocenters. The molecule has 2 aliphatic rings. The molecule has 27 heavy (non-hydrogen) atoms. The van der Waals surface area contributed by atoms with E-state index in [0.29, 0.717) is 31.3 Å². The minimum absolute atomic E-state index is 0.0404. The zero-order valence-electron chi connectivity index (χ0n) is 15.5. The van der Waals surface area contributed by atoms with Crippen LogP contribution in [0.4, 0.5) is 0 Å². The van der Waals surface area contributed by atoms with Crippen LogP contribution in [0.5, 0.6) is 6.01 Å². The van der Waals surface area contributed by atoms with Crippen LogP contribution in [0, 0.1) is 6.92 Å². The third-order valence-electron chi connectivity index (χ3n) is 5.38. The van der Waals surface area contributed by atoms with E-state index in [1.807, 2.05) is 24.0 Å². The average Bonchev–Trinajstić information content (AvgIpc) is 2.70. The van der Waals surface area contributed by atoms with Crippen LogP contribution in [0.1, 0.15) is 41.7 Å². The lowest BCUT2D eigenvalue weighted by molar-refractivity contribution is -0.136. The summed E-state index contributed by atoms with van der Waals surface area (Å²) in [6.45, 7) is 3.94. The van der Waals surface area contributed by atoms with Gasteiger partial charge in [0.15, 0.2) is 0 Å². The van der Waals surface area contributed by atoms with Gasteiger partial charge in [-0.2, -0.15) is 0 Å². The Hall–Kier alpha value is -2.54. The van der Waals surface area contributed by atoms with Crippen molar-refractivity contribution in [2.75, 3.05) is 19.7 Å². The van der Waals surface area contributed by atoms with Crippen molar-refractivity contribution >= 4 is 5.91 Å². The van der Waals surface area contributed by atoms with E-state index in [0.717, 1.165) is 31.4 Å². The predicted molar refractivity (Wildman–Crippen MR) is 98.5 cm³/mol. The number of likely N-dealkylation sites (tertiary alicyclic amines) is 1. The highest BCUT2D eigenvalue weighted by atomic mass is 16.5. The van der Waals surface area contributed by atoms with Crippen molar-refractivity contribution in [1.29, 1.82) is 0 Å². The molecular formula is C20H24N4O3. The number of amides is 1. The maximum Gasteiger partial charge on any atom is 0.316 e. The van der Waals surface area contributed by atoms with Crippen LogP contribution in [0.2, 0.25) is 0 Å². The van der Waals surface area contributed by atoms with E-state index >= 15 is 0 Å². The van der Waals surface area contributed by atoms with Crippen molar-refractivity contribution in [3.8, 4) is 6.01 Å². The van der Waals surface area contributed by atoms with Gasteiger partial charge in [-0.25, -0.2) is 9.97 Å². The summed E-state index contributed by atoms with van der Waals surface area (Å²) < 4.78 is 12.1. The summed E-state index contributed by atoms with van der Waals surface area (Å²) in [5.74, 6) is 0.0404. The first-order valence-electron chi connectivity index (χ1n) is 9.43. The van der Waals surface area contributed by atoms with E-state index in [9.17, 15) is 4.79 Å². The lowest BCUT2D eigenvalue weighted by Crippen LogP contribution is -2.52. The predicted octanol–water partition coefficient (Wildman–Crippen LogP) is 2.41. The third kappa shape index (κ3) is 4.08. The van der Waals surface area contributed by atoms with Crippen LogP contribution < -0.4 is 4.74 Å². The van der Waals surface area contributed by atoms with Crippen molar-refractivity contribution in [3.63, 3.8) is 0 Å². The molecule has 1 amide bonds. The number of carbonyl (C=O) groups is 1. The Labute approximate surface area is 158 Å². The molecule has 7 nitrogen and oxygen atoms in total. The van der Waals surface area contributed by atoms with Gasteiger partial charge in [0.2, 0.25) is 0 Å². The van der Waals surface area contributed by atoms with Gasteiger partial charge < -0.3 is 14.4 Å². The van der Waals surface area contributed by atoms with Gasteiger partial charge in [0.25, 0.3) is 5.91 Å². The summed E-state index contributed by atoms with van der Waals surface area (Å²) in [7, 11) is 0. The average molecular weight is 368 g/mol. The van der Waals surface area contributed by atoms with Crippen molar-refractivity contribution in [2.24, 2.45) is 0 Å². The molecule has 0 N–H and O–H groups in total. The summed E-state index contributed by atoms with van der Waals surface area (Å²) in [5, 5.41) is 0. The van der Waals surface area contributed by atoms with Gasteiger partial charge in [0.1, 0.15) is 6.10 Å². The fraction of sp³-hybridized carbons (Fsp3) is 0.500. The Morgan fingerprint density at radius 3 is 2.70 bits per heavy atom. The van der Waals surface area contributed by atoms with Crippen molar-refractivity contribution in [1.82, 2.24) is 19.9 Å². The maximum atomic E-state index is 12.7. The fourth-order valence-corrected chi connectivity index (χ4v) is 3.82. The molecule has 0 bridgehead atoms. The second-order valence-electron chi connectivity index (χ2n) is 7.28. The Morgan fingerprint density at radius 1 is 1.22 bits per heavy atom. The van der Waals surface area contributed by atoms with Crippen LogP contribution in [-0.4, -0.2) is 57.2 Å². The van der Waals surface area contributed by atoms with Crippen molar-refractivity contribution < 1.29 is 14.3 Å². The highest BCUT2D eigenvalue weighted by Crippen LogP contribution is 2.36. The molecule has 1 spiro atoms. The molecule has 2 aromatic heterocycles. The molecule has 4 rings (SSSR count). The summed E-state index contributed by atoms with van der Waals surface area (Å²) >= 11 is 0. The Kier molecular flexibility index (Phi) is 5.03. The molecule has 2 aromatic rings. The number of aryl methyl sites for hydroxylation is 1. The van der Waals surface area contributed by atoms with Gasteiger partial charge in [0, 0.05) is 50.2 Å². The van der Waals surface area contributed by atoms with Gasteiger partial charge in [-0.3, -0.25) is 9.78 Å². The fourth-order valence-electron chi connectivity index (χ4n) is 3.82. The summed E-state index contributed by atoms with van der Waals surface area (Å²) in [6, 6.07) is 5.90. The van der Waals surface area contributed by atoms with E-state index < -0.39 is 0 Å². The quantitative estimate of drug-likeness (QED) is 0.828. The van der Waals surface area contributed by atoms with Crippen LogP contribution in [0.25, 0.3) is 0 Å². The lowest BCUT2D eigenvalue weighted by Gasteiger charge is -2.45. The molecule has 7 heteroatoms. The number of hydrogen-bond donors (Lipinski definition) is 0. The molecule has 1 unspecified atom stereocenters. The van der Waals surface area contributed by atoms with Gasteiger partial charge in [-0.1, -0.05) is 0 Å².